The molecule has 3 rings (SSSR count). The fourth-order valence-electron chi connectivity index (χ4n) is 3.43. The van der Waals surface area contributed by atoms with E-state index in [4.69, 9.17) is 5.10 Å². The normalized spacial score (nSPS) is 25.3. The molecule has 1 aromatic rings. The molecule has 1 fully saturated rings. The quantitative estimate of drug-likeness (QED) is 0.772. The molecule has 1 heterocycles. The number of nitrogens with zero attached hydrogens (tertiary/aromatic N) is 2. The van der Waals surface area contributed by atoms with Crippen molar-refractivity contribution < 1.29 is 0 Å². The molecule has 0 bridgehead atoms. The Morgan fingerprint density at radius 3 is 2.50 bits per heavy atom. The second kappa shape index (κ2) is 5.13. The van der Waals surface area contributed by atoms with Crippen LogP contribution in [0, 0.1) is 5.92 Å². The molecule has 0 radical (unpaired) electrons. The molecule has 0 amide bonds. The van der Waals surface area contributed by atoms with E-state index in [1.165, 1.54) is 43.4 Å². The van der Waals surface area contributed by atoms with Crippen molar-refractivity contribution in [1.29, 1.82) is 0 Å². The van der Waals surface area contributed by atoms with Gasteiger partial charge in [0.2, 0.25) is 0 Å². The molecule has 18 heavy (non-hydrogen) atoms. The minimum atomic E-state index is 0.639. The van der Waals surface area contributed by atoms with Crippen LogP contribution in [0.2, 0.25) is 0 Å². The van der Waals surface area contributed by atoms with Gasteiger partial charge in [-0.05, 0) is 24.3 Å². The average Bonchev–Trinajstić information content (AvgIpc) is 2.83. The first-order valence-electron chi connectivity index (χ1n) is 7.20. The van der Waals surface area contributed by atoms with E-state index in [0.717, 1.165) is 12.3 Å². The maximum atomic E-state index is 4.77. The third-order valence-electron chi connectivity index (χ3n) is 4.46. The highest BCUT2D eigenvalue weighted by molar-refractivity contribution is 6.01. The van der Waals surface area contributed by atoms with E-state index >= 15 is 0 Å². The Labute approximate surface area is 110 Å². The Balaban J connectivity index is 1.72. The summed E-state index contributed by atoms with van der Waals surface area (Å²) in [7, 11) is 2.15. The third-order valence-corrected chi connectivity index (χ3v) is 4.46. The van der Waals surface area contributed by atoms with Crippen molar-refractivity contribution >= 4 is 5.71 Å². The summed E-state index contributed by atoms with van der Waals surface area (Å²) < 4.78 is 0. The Bertz CT molecular complexity index is 418. The first-order chi connectivity index (χ1) is 8.84. The largest absolute Gasteiger partial charge is 0.296 e. The average molecular weight is 242 g/mol. The zero-order valence-electron chi connectivity index (χ0n) is 11.2. The second-order valence-corrected chi connectivity index (χ2v) is 5.66. The molecule has 1 aromatic carbocycles. The Kier molecular flexibility index (Phi) is 3.35. The fourth-order valence-corrected chi connectivity index (χ4v) is 3.43. The summed E-state index contributed by atoms with van der Waals surface area (Å²) in [6.45, 7) is 0. The molecule has 2 aliphatic rings. The monoisotopic (exact) mass is 242 g/mol. The van der Waals surface area contributed by atoms with E-state index in [1.807, 2.05) is 0 Å². The molecule has 2 nitrogen and oxygen atoms in total. The molecular weight excluding hydrogens is 220 g/mol. The molecule has 96 valence electrons. The lowest BCUT2D eigenvalue weighted by Crippen LogP contribution is -2.32. The van der Waals surface area contributed by atoms with Crippen LogP contribution in [0.15, 0.2) is 35.4 Å². The van der Waals surface area contributed by atoms with Gasteiger partial charge in [-0.15, -0.1) is 0 Å². The summed E-state index contributed by atoms with van der Waals surface area (Å²) in [5.74, 6) is 0.855. The van der Waals surface area contributed by atoms with Crippen LogP contribution in [0.25, 0.3) is 0 Å². The lowest BCUT2D eigenvalue weighted by atomic mass is 9.82. The molecule has 1 aliphatic heterocycles. The highest BCUT2D eigenvalue weighted by Gasteiger charge is 2.32. The van der Waals surface area contributed by atoms with E-state index in [0.29, 0.717) is 6.04 Å². The third kappa shape index (κ3) is 2.29. The van der Waals surface area contributed by atoms with Crippen LogP contribution in [0.3, 0.4) is 0 Å². The lowest BCUT2D eigenvalue weighted by molar-refractivity contribution is 0.170. The zero-order chi connectivity index (χ0) is 12.4. The van der Waals surface area contributed by atoms with Gasteiger partial charge in [0.15, 0.2) is 0 Å². The number of hydrogen-bond acceptors (Lipinski definition) is 2. The predicted molar refractivity (Wildman–Crippen MR) is 75.7 cm³/mol. The van der Waals surface area contributed by atoms with Crippen molar-refractivity contribution in [3.63, 3.8) is 0 Å². The van der Waals surface area contributed by atoms with Crippen molar-refractivity contribution in [2.24, 2.45) is 11.0 Å². The van der Waals surface area contributed by atoms with Gasteiger partial charge in [-0.25, -0.2) is 0 Å². The second-order valence-electron chi connectivity index (χ2n) is 5.66. The summed E-state index contributed by atoms with van der Waals surface area (Å²) in [6, 6.07) is 11.3. The SMILES string of the molecule is CN1N=C(c2ccccc2)CC1C1CCCCC1. The molecule has 1 atom stereocenters. The van der Waals surface area contributed by atoms with Crippen LogP contribution >= 0.6 is 0 Å². The molecule has 2 heteroatoms. The first-order valence-corrected chi connectivity index (χ1v) is 7.20. The Morgan fingerprint density at radius 2 is 1.78 bits per heavy atom. The van der Waals surface area contributed by atoms with E-state index in [1.54, 1.807) is 0 Å². The van der Waals surface area contributed by atoms with Gasteiger partial charge < -0.3 is 0 Å². The van der Waals surface area contributed by atoms with Crippen LogP contribution in [0.5, 0.6) is 0 Å². The molecule has 1 unspecified atom stereocenters. The summed E-state index contributed by atoms with van der Waals surface area (Å²) in [6.07, 6.45) is 8.18. The van der Waals surface area contributed by atoms with Gasteiger partial charge >= 0.3 is 0 Å². The number of benzene rings is 1. The van der Waals surface area contributed by atoms with Crippen molar-refractivity contribution in [1.82, 2.24) is 5.01 Å². The smallest absolute Gasteiger partial charge is 0.0698 e. The van der Waals surface area contributed by atoms with Gasteiger partial charge in [0.05, 0.1) is 11.8 Å². The number of rotatable bonds is 2. The van der Waals surface area contributed by atoms with Gasteiger partial charge in [0, 0.05) is 13.5 Å². The fraction of sp³-hybridized carbons (Fsp3) is 0.562. The van der Waals surface area contributed by atoms with Crippen molar-refractivity contribution in [3.05, 3.63) is 35.9 Å². The molecule has 0 saturated heterocycles. The maximum absolute atomic E-state index is 4.77. The van der Waals surface area contributed by atoms with Gasteiger partial charge in [-0.2, -0.15) is 5.10 Å². The first kappa shape index (κ1) is 11.8. The van der Waals surface area contributed by atoms with E-state index in [9.17, 15) is 0 Å². The van der Waals surface area contributed by atoms with Crippen molar-refractivity contribution in [2.45, 2.75) is 44.6 Å². The van der Waals surface area contributed by atoms with E-state index in [2.05, 4.69) is 42.4 Å². The van der Waals surface area contributed by atoms with Gasteiger partial charge in [-0.1, -0.05) is 49.6 Å². The van der Waals surface area contributed by atoms with Crippen LogP contribution in [-0.2, 0) is 0 Å². The van der Waals surface area contributed by atoms with E-state index in [-0.39, 0.29) is 0 Å². The number of hydrazone groups is 1. The molecule has 1 saturated carbocycles. The van der Waals surface area contributed by atoms with Crippen LogP contribution < -0.4 is 0 Å². The number of hydrogen-bond donors (Lipinski definition) is 0. The summed E-state index contributed by atoms with van der Waals surface area (Å²) >= 11 is 0. The predicted octanol–water partition coefficient (Wildman–Crippen LogP) is 3.68. The molecular formula is C16H22N2. The zero-order valence-corrected chi connectivity index (χ0v) is 11.2. The molecule has 0 N–H and O–H groups in total. The van der Waals surface area contributed by atoms with Gasteiger partial charge in [0.1, 0.15) is 0 Å². The van der Waals surface area contributed by atoms with Crippen LogP contribution in [0.4, 0.5) is 0 Å². The minimum Gasteiger partial charge on any atom is -0.296 e. The van der Waals surface area contributed by atoms with Gasteiger partial charge in [0.25, 0.3) is 0 Å². The van der Waals surface area contributed by atoms with E-state index < -0.39 is 0 Å². The highest BCUT2D eigenvalue weighted by Crippen LogP contribution is 2.33. The lowest BCUT2D eigenvalue weighted by Gasteiger charge is -2.31. The molecule has 0 aromatic heterocycles. The standard InChI is InChI=1S/C16H22N2/c1-18-16(14-10-6-3-7-11-14)12-15(17-18)13-8-4-2-5-9-13/h2,4-5,8-9,14,16H,3,6-7,10-12H2,1H3. The highest BCUT2D eigenvalue weighted by atomic mass is 15.5. The van der Waals surface area contributed by atoms with Crippen molar-refractivity contribution in [3.8, 4) is 0 Å². The summed E-state index contributed by atoms with van der Waals surface area (Å²) in [4.78, 5) is 0. The maximum Gasteiger partial charge on any atom is 0.0698 e. The minimum absolute atomic E-state index is 0.639. The van der Waals surface area contributed by atoms with Crippen molar-refractivity contribution in [2.75, 3.05) is 7.05 Å². The molecule has 1 aliphatic carbocycles. The topological polar surface area (TPSA) is 15.6 Å². The van der Waals surface area contributed by atoms with Gasteiger partial charge in [-0.3, -0.25) is 5.01 Å². The van der Waals surface area contributed by atoms with Crippen LogP contribution in [-0.4, -0.2) is 23.8 Å². The Morgan fingerprint density at radius 1 is 1.06 bits per heavy atom. The van der Waals surface area contributed by atoms with Crippen LogP contribution in [0.1, 0.15) is 44.1 Å². The molecule has 0 spiro atoms. The Hall–Kier alpha value is -1.31. The summed E-state index contributed by atoms with van der Waals surface area (Å²) in [5.41, 5.74) is 2.57. The summed E-state index contributed by atoms with van der Waals surface area (Å²) in [5, 5.41) is 6.99.